The van der Waals surface area contributed by atoms with E-state index in [0.29, 0.717) is 5.78 Å². The molecule has 2 nitrogen and oxygen atoms in total. The van der Waals surface area contributed by atoms with Crippen molar-refractivity contribution in [2.45, 2.75) is 30.9 Å². The third-order valence-corrected chi connectivity index (χ3v) is 4.54. The van der Waals surface area contributed by atoms with Gasteiger partial charge in [0.25, 0.3) is 0 Å². The van der Waals surface area contributed by atoms with Crippen LogP contribution in [0.5, 0.6) is 5.75 Å². The Hall–Kier alpha value is -0.960. The van der Waals surface area contributed by atoms with Crippen LogP contribution >= 0.6 is 11.8 Å². The van der Waals surface area contributed by atoms with Crippen molar-refractivity contribution in [3.8, 4) is 5.75 Å². The molecule has 0 fully saturated rings. The topological polar surface area (TPSA) is 26.3 Å². The van der Waals surface area contributed by atoms with Gasteiger partial charge in [0.1, 0.15) is 5.75 Å². The number of hydrogen-bond acceptors (Lipinski definition) is 3. The Balaban J connectivity index is 2.53. The quantitative estimate of drug-likeness (QED) is 0.807. The van der Waals surface area contributed by atoms with Gasteiger partial charge < -0.3 is 4.74 Å². The van der Waals surface area contributed by atoms with Crippen LogP contribution in [-0.4, -0.2) is 24.4 Å². The molecule has 1 aromatic rings. The zero-order chi connectivity index (χ0) is 12.6. The Kier molecular flexibility index (Phi) is 3.21. The Morgan fingerprint density at radius 3 is 2.71 bits per heavy atom. The van der Waals surface area contributed by atoms with E-state index in [1.165, 1.54) is 5.56 Å². The van der Waals surface area contributed by atoms with Gasteiger partial charge in [-0.05, 0) is 49.8 Å². The Morgan fingerprint density at radius 2 is 2.12 bits per heavy atom. The fourth-order valence-corrected chi connectivity index (χ4v) is 3.32. The van der Waals surface area contributed by atoms with Crippen LogP contribution in [-0.2, 0) is 16.6 Å². The third kappa shape index (κ3) is 1.97. The molecule has 1 aliphatic rings. The monoisotopic (exact) mass is 250 g/mol. The standard InChI is InChI=1S/C14H18O2S/c1-14(2)11-8-10(16-3)6-5-9(11)7-12(17-4)13(14)15/h5-6,8,12H,7H2,1-4H3. The van der Waals surface area contributed by atoms with Gasteiger partial charge in [-0.2, -0.15) is 11.8 Å². The molecule has 1 aromatic carbocycles. The second-order valence-electron chi connectivity index (χ2n) is 4.94. The van der Waals surface area contributed by atoms with Gasteiger partial charge in [0.05, 0.1) is 12.4 Å². The van der Waals surface area contributed by atoms with Gasteiger partial charge in [-0.3, -0.25) is 4.79 Å². The number of hydrogen-bond donors (Lipinski definition) is 0. The molecule has 0 radical (unpaired) electrons. The SMILES string of the molecule is COc1ccc2c(c1)C(C)(C)C(=O)C(SC)C2. The van der Waals surface area contributed by atoms with Crippen LogP contribution in [0, 0.1) is 0 Å². The van der Waals surface area contributed by atoms with Crippen LogP contribution in [0.1, 0.15) is 25.0 Å². The van der Waals surface area contributed by atoms with E-state index in [0.717, 1.165) is 17.7 Å². The highest BCUT2D eigenvalue weighted by molar-refractivity contribution is 7.99. The summed E-state index contributed by atoms with van der Waals surface area (Å²) in [5.74, 6) is 1.15. The van der Waals surface area contributed by atoms with Gasteiger partial charge in [-0.25, -0.2) is 0 Å². The predicted molar refractivity (Wildman–Crippen MR) is 72.0 cm³/mol. The molecule has 0 aliphatic heterocycles. The van der Waals surface area contributed by atoms with E-state index < -0.39 is 5.41 Å². The lowest BCUT2D eigenvalue weighted by atomic mass is 9.71. The number of Topliss-reactive ketones (excluding diaryl/α,β-unsaturated/α-hetero) is 1. The fraction of sp³-hybridized carbons (Fsp3) is 0.500. The summed E-state index contributed by atoms with van der Waals surface area (Å²) in [6, 6.07) is 6.07. The minimum atomic E-state index is -0.407. The molecule has 0 spiro atoms. The highest BCUT2D eigenvalue weighted by Crippen LogP contribution is 2.39. The summed E-state index contributed by atoms with van der Waals surface area (Å²) in [5, 5.41) is 0.0888. The zero-order valence-corrected chi connectivity index (χ0v) is 11.6. The molecule has 0 saturated heterocycles. The van der Waals surface area contributed by atoms with Crippen LogP contribution in [0.2, 0.25) is 0 Å². The van der Waals surface area contributed by atoms with Crippen molar-refractivity contribution >= 4 is 17.5 Å². The molecule has 17 heavy (non-hydrogen) atoms. The van der Waals surface area contributed by atoms with Crippen LogP contribution in [0.3, 0.4) is 0 Å². The van der Waals surface area contributed by atoms with Gasteiger partial charge in [0.15, 0.2) is 5.78 Å². The fourth-order valence-electron chi connectivity index (χ4n) is 2.46. The minimum Gasteiger partial charge on any atom is -0.497 e. The van der Waals surface area contributed by atoms with Crippen LogP contribution in [0.4, 0.5) is 0 Å². The summed E-state index contributed by atoms with van der Waals surface area (Å²) in [6.07, 6.45) is 2.84. The number of carbonyl (C=O) groups is 1. The lowest BCUT2D eigenvalue weighted by Crippen LogP contribution is -2.42. The molecule has 0 bridgehead atoms. The lowest BCUT2D eigenvalue weighted by molar-refractivity contribution is -0.123. The molecular formula is C14H18O2S. The van der Waals surface area contributed by atoms with E-state index in [1.54, 1.807) is 18.9 Å². The van der Waals surface area contributed by atoms with E-state index >= 15 is 0 Å². The Labute approximate surface area is 107 Å². The van der Waals surface area contributed by atoms with Crippen molar-refractivity contribution in [3.05, 3.63) is 29.3 Å². The first-order valence-electron chi connectivity index (χ1n) is 5.75. The molecule has 0 aromatic heterocycles. The number of ether oxygens (including phenoxy) is 1. The van der Waals surface area contributed by atoms with Crippen molar-refractivity contribution in [1.29, 1.82) is 0 Å². The maximum Gasteiger partial charge on any atom is 0.156 e. The van der Waals surface area contributed by atoms with Gasteiger partial charge in [-0.1, -0.05) is 6.07 Å². The second kappa shape index (κ2) is 4.37. The number of rotatable bonds is 2. The zero-order valence-electron chi connectivity index (χ0n) is 10.7. The second-order valence-corrected chi connectivity index (χ2v) is 5.98. The average Bonchev–Trinajstić information content (AvgIpc) is 2.33. The van der Waals surface area contributed by atoms with Crippen molar-refractivity contribution in [3.63, 3.8) is 0 Å². The van der Waals surface area contributed by atoms with Gasteiger partial charge in [0, 0.05) is 5.41 Å². The van der Waals surface area contributed by atoms with Crippen molar-refractivity contribution in [1.82, 2.24) is 0 Å². The van der Waals surface area contributed by atoms with E-state index in [1.807, 2.05) is 32.2 Å². The summed E-state index contributed by atoms with van der Waals surface area (Å²) in [6.45, 7) is 4.02. The highest BCUT2D eigenvalue weighted by atomic mass is 32.2. The molecule has 3 heteroatoms. The first-order valence-corrected chi connectivity index (χ1v) is 7.04. The van der Waals surface area contributed by atoms with Crippen LogP contribution < -0.4 is 4.74 Å². The first-order chi connectivity index (χ1) is 8.00. The number of benzene rings is 1. The summed E-state index contributed by atoms with van der Waals surface area (Å²) in [4.78, 5) is 12.4. The van der Waals surface area contributed by atoms with Gasteiger partial charge in [0.2, 0.25) is 0 Å². The predicted octanol–water partition coefficient (Wildman–Crippen LogP) is 2.83. The average molecular weight is 250 g/mol. The Morgan fingerprint density at radius 1 is 1.41 bits per heavy atom. The number of fused-ring (bicyclic) bond motifs is 1. The third-order valence-electron chi connectivity index (χ3n) is 3.59. The van der Waals surface area contributed by atoms with Crippen LogP contribution in [0.15, 0.2) is 18.2 Å². The maximum absolute atomic E-state index is 12.4. The molecule has 1 atom stereocenters. The molecular weight excluding hydrogens is 232 g/mol. The molecule has 1 aliphatic carbocycles. The number of methoxy groups -OCH3 is 1. The maximum atomic E-state index is 12.4. The molecule has 0 N–H and O–H groups in total. The number of carbonyl (C=O) groups excluding carboxylic acids is 1. The number of ketones is 1. The van der Waals surface area contributed by atoms with E-state index in [-0.39, 0.29) is 5.25 Å². The highest BCUT2D eigenvalue weighted by Gasteiger charge is 2.40. The molecule has 0 saturated carbocycles. The number of thioether (sulfide) groups is 1. The van der Waals surface area contributed by atoms with Gasteiger partial charge >= 0.3 is 0 Å². The smallest absolute Gasteiger partial charge is 0.156 e. The summed E-state index contributed by atoms with van der Waals surface area (Å²) in [7, 11) is 1.66. The van der Waals surface area contributed by atoms with Crippen molar-refractivity contribution in [2.75, 3.05) is 13.4 Å². The molecule has 2 rings (SSSR count). The van der Waals surface area contributed by atoms with Crippen molar-refractivity contribution in [2.24, 2.45) is 0 Å². The van der Waals surface area contributed by atoms with E-state index in [9.17, 15) is 4.79 Å². The van der Waals surface area contributed by atoms with Gasteiger partial charge in [-0.15, -0.1) is 0 Å². The minimum absolute atomic E-state index is 0.0888. The summed E-state index contributed by atoms with van der Waals surface area (Å²) < 4.78 is 5.25. The normalized spacial score (nSPS) is 22.1. The van der Waals surface area contributed by atoms with Crippen LogP contribution in [0.25, 0.3) is 0 Å². The van der Waals surface area contributed by atoms with Crippen molar-refractivity contribution < 1.29 is 9.53 Å². The first kappa shape index (κ1) is 12.5. The lowest BCUT2D eigenvalue weighted by Gasteiger charge is -2.35. The van der Waals surface area contributed by atoms with E-state index in [2.05, 4.69) is 6.07 Å². The molecule has 92 valence electrons. The van der Waals surface area contributed by atoms with E-state index in [4.69, 9.17) is 4.74 Å². The summed E-state index contributed by atoms with van der Waals surface area (Å²) >= 11 is 1.65. The Bertz CT molecular complexity index is 452. The summed E-state index contributed by atoms with van der Waals surface area (Å²) in [5.41, 5.74) is 1.98. The largest absolute Gasteiger partial charge is 0.497 e. The molecule has 0 amide bonds. The molecule has 0 heterocycles. The molecule has 1 unspecified atom stereocenters.